The second-order valence-corrected chi connectivity index (χ2v) is 7.50. The van der Waals surface area contributed by atoms with Crippen LogP contribution in [0.2, 0.25) is 0 Å². The molecule has 7 heteroatoms. The van der Waals surface area contributed by atoms with E-state index in [-0.39, 0.29) is 30.3 Å². The molecular weight excluding hydrogens is 344 g/mol. The molecule has 0 saturated carbocycles. The number of rotatable bonds is 3. The number of nitrogens with one attached hydrogen (secondary N) is 1. The van der Waals surface area contributed by atoms with Gasteiger partial charge < -0.3 is 10.2 Å². The number of hydrogen-bond donors (Lipinski definition) is 1. The SMILES string of the molecule is Cl.Cn1cc([C@H]2CNC[C@@H]2C(=O)N2CCCC2c2cccs2)cn1. The number of aromatic nitrogens is 2. The monoisotopic (exact) mass is 366 g/mol. The maximum Gasteiger partial charge on any atom is 0.228 e. The van der Waals surface area contributed by atoms with Crippen molar-refractivity contribution < 1.29 is 4.79 Å². The van der Waals surface area contributed by atoms with Gasteiger partial charge in [-0.25, -0.2) is 0 Å². The zero-order chi connectivity index (χ0) is 15.8. The molecule has 130 valence electrons. The average molecular weight is 367 g/mol. The minimum absolute atomic E-state index is 0. The Labute approximate surface area is 152 Å². The van der Waals surface area contributed by atoms with Crippen molar-refractivity contribution >= 4 is 29.7 Å². The Morgan fingerprint density at radius 1 is 1.42 bits per heavy atom. The van der Waals surface area contributed by atoms with Crippen molar-refractivity contribution in [1.82, 2.24) is 20.0 Å². The summed E-state index contributed by atoms with van der Waals surface area (Å²) < 4.78 is 1.82. The van der Waals surface area contributed by atoms with Crippen LogP contribution in [0.15, 0.2) is 29.9 Å². The zero-order valence-corrected chi connectivity index (χ0v) is 15.4. The lowest BCUT2D eigenvalue weighted by Gasteiger charge is -2.28. The summed E-state index contributed by atoms with van der Waals surface area (Å²) in [4.78, 5) is 16.6. The fourth-order valence-electron chi connectivity index (χ4n) is 3.94. The molecule has 24 heavy (non-hydrogen) atoms. The van der Waals surface area contributed by atoms with Crippen molar-refractivity contribution in [2.75, 3.05) is 19.6 Å². The van der Waals surface area contributed by atoms with Gasteiger partial charge in [-0.1, -0.05) is 6.07 Å². The molecule has 3 atom stereocenters. The fraction of sp³-hybridized carbons (Fsp3) is 0.529. The Morgan fingerprint density at radius 2 is 2.29 bits per heavy atom. The maximum atomic E-state index is 13.2. The van der Waals surface area contributed by atoms with E-state index in [1.54, 1.807) is 11.3 Å². The minimum Gasteiger partial charge on any atom is -0.335 e. The largest absolute Gasteiger partial charge is 0.335 e. The van der Waals surface area contributed by atoms with Crippen LogP contribution < -0.4 is 5.32 Å². The summed E-state index contributed by atoms with van der Waals surface area (Å²) in [6, 6.07) is 4.51. The van der Waals surface area contributed by atoms with Crippen LogP contribution in [-0.2, 0) is 11.8 Å². The second kappa shape index (κ2) is 7.25. The smallest absolute Gasteiger partial charge is 0.228 e. The highest BCUT2D eigenvalue weighted by Crippen LogP contribution is 2.38. The molecule has 2 fully saturated rings. The van der Waals surface area contributed by atoms with Crippen LogP contribution in [0.1, 0.15) is 35.2 Å². The number of halogens is 1. The lowest BCUT2D eigenvalue weighted by molar-refractivity contribution is -0.136. The quantitative estimate of drug-likeness (QED) is 0.908. The van der Waals surface area contributed by atoms with Gasteiger partial charge in [0.05, 0.1) is 18.2 Å². The van der Waals surface area contributed by atoms with Crippen molar-refractivity contribution in [1.29, 1.82) is 0 Å². The van der Waals surface area contributed by atoms with Gasteiger partial charge >= 0.3 is 0 Å². The van der Waals surface area contributed by atoms with Crippen molar-refractivity contribution in [3.63, 3.8) is 0 Å². The summed E-state index contributed by atoms with van der Waals surface area (Å²) in [5, 5.41) is 9.78. The second-order valence-electron chi connectivity index (χ2n) is 6.52. The first-order chi connectivity index (χ1) is 11.2. The van der Waals surface area contributed by atoms with Gasteiger partial charge in [-0.05, 0) is 29.9 Å². The lowest BCUT2D eigenvalue weighted by atomic mass is 9.89. The molecule has 1 N–H and O–H groups in total. The van der Waals surface area contributed by atoms with E-state index < -0.39 is 0 Å². The first kappa shape index (κ1) is 17.5. The third kappa shape index (κ3) is 3.10. The fourth-order valence-corrected chi connectivity index (χ4v) is 4.81. The third-order valence-electron chi connectivity index (χ3n) is 5.09. The summed E-state index contributed by atoms with van der Waals surface area (Å²) in [5.74, 6) is 0.570. The van der Waals surface area contributed by atoms with Gasteiger partial charge in [-0.15, -0.1) is 23.7 Å². The van der Waals surface area contributed by atoms with Crippen LogP contribution in [0.5, 0.6) is 0 Å². The Morgan fingerprint density at radius 3 is 3.00 bits per heavy atom. The summed E-state index contributed by atoms with van der Waals surface area (Å²) in [6.45, 7) is 2.52. The minimum atomic E-state index is 0. The molecule has 0 spiro atoms. The van der Waals surface area contributed by atoms with Gasteiger partial charge in [-0.3, -0.25) is 9.48 Å². The molecule has 1 unspecified atom stereocenters. The van der Waals surface area contributed by atoms with Gasteiger partial charge in [0.2, 0.25) is 5.91 Å². The van der Waals surface area contributed by atoms with Gasteiger partial charge in [0.15, 0.2) is 0 Å². The van der Waals surface area contributed by atoms with Crippen LogP contribution in [0.3, 0.4) is 0 Å². The normalized spacial score (nSPS) is 26.5. The van der Waals surface area contributed by atoms with Gasteiger partial charge in [0.25, 0.3) is 0 Å². The molecule has 2 aromatic heterocycles. The van der Waals surface area contributed by atoms with Crippen molar-refractivity contribution in [2.45, 2.75) is 24.8 Å². The Hall–Kier alpha value is -1.37. The number of likely N-dealkylation sites (tertiary alicyclic amines) is 1. The number of hydrogen-bond acceptors (Lipinski definition) is 4. The Bertz CT molecular complexity index is 687. The molecule has 1 amide bonds. The van der Waals surface area contributed by atoms with E-state index in [9.17, 15) is 4.79 Å². The summed E-state index contributed by atoms with van der Waals surface area (Å²) in [6.07, 6.45) is 6.13. The first-order valence-corrected chi connectivity index (χ1v) is 9.15. The van der Waals surface area contributed by atoms with E-state index >= 15 is 0 Å². The number of nitrogens with zero attached hydrogens (tertiary/aromatic N) is 3. The topological polar surface area (TPSA) is 50.2 Å². The molecule has 2 saturated heterocycles. The zero-order valence-electron chi connectivity index (χ0n) is 13.7. The van der Waals surface area contributed by atoms with E-state index in [0.717, 1.165) is 32.5 Å². The van der Waals surface area contributed by atoms with E-state index in [2.05, 4.69) is 32.8 Å². The third-order valence-corrected chi connectivity index (χ3v) is 6.07. The summed E-state index contributed by atoms with van der Waals surface area (Å²) in [7, 11) is 1.93. The van der Waals surface area contributed by atoms with Gasteiger partial charge in [-0.2, -0.15) is 5.10 Å². The molecular formula is C17H23ClN4OS. The van der Waals surface area contributed by atoms with E-state index in [1.165, 1.54) is 10.4 Å². The molecule has 5 nitrogen and oxygen atoms in total. The van der Waals surface area contributed by atoms with Crippen molar-refractivity contribution in [3.05, 3.63) is 40.3 Å². The van der Waals surface area contributed by atoms with Gasteiger partial charge in [0.1, 0.15) is 0 Å². The van der Waals surface area contributed by atoms with Gasteiger partial charge in [0, 0.05) is 43.7 Å². The van der Waals surface area contributed by atoms with Crippen LogP contribution in [0, 0.1) is 5.92 Å². The number of carbonyl (C=O) groups is 1. The van der Waals surface area contributed by atoms with E-state index in [0.29, 0.717) is 5.91 Å². The van der Waals surface area contributed by atoms with Crippen LogP contribution in [-0.4, -0.2) is 40.2 Å². The number of aryl methyl sites for hydroxylation is 1. The average Bonchev–Trinajstić information content (AvgIpc) is 3.31. The molecule has 2 aromatic rings. The van der Waals surface area contributed by atoms with Crippen LogP contribution >= 0.6 is 23.7 Å². The highest BCUT2D eigenvalue weighted by Gasteiger charge is 2.40. The summed E-state index contributed by atoms with van der Waals surface area (Å²) >= 11 is 1.76. The number of carbonyl (C=O) groups excluding carboxylic acids is 1. The Kier molecular flexibility index (Phi) is 5.27. The Balaban J connectivity index is 0.00000169. The van der Waals surface area contributed by atoms with Crippen LogP contribution in [0.4, 0.5) is 0 Å². The molecule has 2 aliphatic heterocycles. The molecule has 0 aromatic carbocycles. The van der Waals surface area contributed by atoms with Crippen molar-refractivity contribution in [3.8, 4) is 0 Å². The highest BCUT2D eigenvalue weighted by molar-refractivity contribution is 7.10. The maximum absolute atomic E-state index is 13.2. The summed E-state index contributed by atoms with van der Waals surface area (Å²) in [5.41, 5.74) is 1.17. The molecule has 2 aliphatic rings. The van der Waals surface area contributed by atoms with E-state index in [1.807, 2.05) is 24.1 Å². The predicted octanol–water partition coefficient (Wildman–Crippen LogP) is 2.57. The number of amides is 1. The molecule has 0 aliphatic carbocycles. The molecule has 0 bridgehead atoms. The highest BCUT2D eigenvalue weighted by atomic mass is 35.5. The molecule has 4 rings (SSSR count). The predicted molar refractivity (Wildman–Crippen MR) is 97.6 cm³/mol. The number of thiophene rings is 1. The standard InChI is InChI=1S/C17H22N4OS.ClH/c1-20-11-12(8-19-20)13-9-18-10-14(13)17(22)21-6-2-4-15(21)16-5-3-7-23-16;/h3,5,7-8,11,13-15,18H,2,4,6,9-10H2,1H3;1H/t13-,14+,15?;/m1./s1. The van der Waals surface area contributed by atoms with E-state index in [4.69, 9.17) is 0 Å². The lowest BCUT2D eigenvalue weighted by Crippen LogP contribution is -2.38. The molecule has 0 radical (unpaired) electrons. The molecule has 4 heterocycles. The van der Waals surface area contributed by atoms with Crippen molar-refractivity contribution in [2.24, 2.45) is 13.0 Å². The first-order valence-electron chi connectivity index (χ1n) is 8.27. The van der Waals surface area contributed by atoms with Crippen LogP contribution in [0.25, 0.3) is 0 Å².